The number of rotatable bonds is 1. The first-order chi connectivity index (χ1) is 5.34. The second-order valence-corrected chi connectivity index (χ2v) is 2.41. The van der Waals surface area contributed by atoms with E-state index < -0.39 is 0 Å². The number of hydrogen-bond acceptors (Lipinski definition) is 3. The highest BCUT2D eigenvalue weighted by atomic mass is 15.3. The Labute approximate surface area is 67.5 Å². The molecule has 0 aromatic heterocycles. The molecule has 1 aliphatic rings. The van der Waals surface area contributed by atoms with Crippen molar-refractivity contribution in [2.45, 2.75) is 6.92 Å². The van der Waals surface area contributed by atoms with E-state index in [2.05, 4.69) is 27.0 Å². The molecular weight excluding hydrogens is 138 g/mol. The van der Waals surface area contributed by atoms with Gasteiger partial charge in [-0.25, -0.2) is 0 Å². The maximum Gasteiger partial charge on any atom is 0.194 e. The van der Waals surface area contributed by atoms with E-state index in [1.165, 1.54) is 0 Å². The summed E-state index contributed by atoms with van der Waals surface area (Å²) in [5.74, 6) is 6.71. The molecule has 0 unspecified atom stereocenters. The normalized spacial score (nSPS) is 15.5. The van der Waals surface area contributed by atoms with E-state index in [1.807, 2.05) is 14.0 Å². The third-order valence-electron chi connectivity index (χ3n) is 1.57. The number of likely N-dealkylation sites (N-methyl/N-ethyl adjacent to an activating group) is 1. The maximum atomic E-state index is 4.25. The van der Waals surface area contributed by atoms with Gasteiger partial charge < -0.3 is 10.2 Å². The van der Waals surface area contributed by atoms with Crippen LogP contribution in [0, 0.1) is 11.8 Å². The molecule has 1 N–H and O–H groups in total. The fraction of sp³-hybridized carbons (Fsp3) is 0.625. The predicted octanol–water partition coefficient (Wildman–Crippen LogP) is -0.0993. The average molecular weight is 151 g/mol. The summed E-state index contributed by atoms with van der Waals surface area (Å²) >= 11 is 0. The second kappa shape index (κ2) is 3.87. The Bertz CT molecular complexity index is 209. The van der Waals surface area contributed by atoms with Crippen LogP contribution in [0.4, 0.5) is 0 Å². The van der Waals surface area contributed by atoms with Gasteiger partial charge in [0.1, 0.15) is 0 Å². The van der Waals surface area contributed by atoms with Crippen molar-refractivity contribution in [2.75, 3.05) is 26.7 Å². The van der Waals surface area contributed by atoms with E-state index in [4.69, 9.17) is 0 Å². The topological polar surface area (TPSA) is 27.6 Å². The maximum absolute atomic E-state index is 4.25. The molecule has 3 heteroatoms. The molecule has 0 aliphatic carbocycles. The van der Waals surface area contributed by atoms with E-state index in [9.17, 15) is 0 Å². The summed E-state index contributed by atoms with van der Waals surface area (Å²) < 4.78 is 0. The number of aliphatic imine (C=N–C) groups is 1. The molecule has 0 fully saturated rings. The third kappa shape index (κ3) is 2.15. The van der Waals surface area contributed by atoms with Crippen molar-refractivity contribution in [3.05, 3.63) is 0 Å². The van der Waals surface area contributed by atoms with Crippen molar-refractivity contribution in [3.63, 3.8) is 0 Å². The van der Waals surface area contributed by atoms with E-state index >= 15 is 0 Å². The summed E-state index contributed by atoms with van der Waals surface area (Å²) in [6.45, 7) is 4.45. The molecule has 1 rings (SSSR count). The molecule has 0 atom stereocenters. The summed E-state index contributed by atoms with van der Waals surface area (Å²) in [5, 5.41) is 3.13. The fourth-order valence-electron chi connectivity index (χ4n) is 0.935. The first-order valence-electron chi connectivity index (χ1n) is 3.73. The number of hydrogen-bond donors (Lipinski definition) is 1. The summed E-state index contributed by atoms with van der Waals surface area (Å²) in [4.78, 5) is 6.35. The lowest BCUT2D eigenvalue weighted by Gasteiger charge is -2.12. The molecule has 0 amide bonds. The van der Waals surface area contributed by atoms with Crippen LogP contribution in [0.25, 0.3) is 0 Å². The fourth-order valence-corrected chi connectivity index (χ4v) is 0.935. The van der Waals surface area contributed by atoms with Gasteiger partial charge in [-0.1, -0.05) is 5.92 Å². The lowest BCUT2D eigenvalue weighted by molar-refractivity contribution is 0.538. The number of nitrogens with zero attached hydrogens (tertiary/aromatic N) is 2. The van der Waals surface area contributed by atoms with E-state index in [0.29, 0.717) is 6.54 Å². The van der Waals surface area contributed by atoms with Crippen LogP contribution in [0.5, 0.6) is 0 Å². The lowest BCUT2D eigenvalue weighted by Crippen LogP contribution is -2.35. The third-order valence-corrected chi connectivity index (χ3v) is 1.57. The highest BCUT2D eigenvalue weighted by Crippen LogP contribution is 1.93. The minimum atomic E-state index is 0.694. The van der Waals surface area contributed by atoms with Crippen LogP contribution in [0.3, 0.4) is 0 Å². The van der Waals surface area contributed by atoms with Crippen LogP contribution >= 0.6 is 0 Å². The quantitative estimate of drug-likeness (QED) is 0.530. The van der Waals surface area contributed by atoms with Crippen LogP contribution in [-0.2, 0) is 0 Å². The van der Waals surface area contributed by atoms with E-state index in [1.54, 1.807) is 0 Å². The van der Waals surface area contributed by atoms with Crippen LogP contribution in [-0.4, -0.2) is 37.5 Å². The van der Waals surface area contributed by atoms with Gasteiger partial charge in [0.05, 0.1) is 13.1 Å². The van der Waals surface area contributed by atoms with Crippen molar-refractivity contribution >= 4 is 5.96 Å². The van der Waals surface area contributed by atoms with Crippen LogP contribution in [0.1, 0.15) is 6.92 Å². The van der Waals surface area contributed by atoms with Crippen LogP contribution in [0.15, 0.2) is 4.99 Å². The molecule has 60 valence electrons. The molecule has 1 heterocycles. The standard InChI is InChI=1S/C8H13N3/c1-3-4-5-9-8-10-6-7-11(8)2/h5-7H2,1-2H3,(H,9,10). The predicted molar refractivity (Wildman–Crippen MR) is 46.4 cm³/mol. The summed E-state index contributed by atoms with van der Waals surface area (Å²) in [6, 6.07) is 0. The highest BCUT2D eigenvalue weighted by Gasteiger charge is 2.09. The van der Waals surface area contributed by atoms with Gasteiger partial charge in [-0.15, -0.1) is 5.92 Å². The molecule has 0 spiro atoms. The molecule has 0 bridgehead atoms. The summed E-state index contributed by atoms with van der Waals surface area (Å²) in [5.41, 5.74) is 0. The zero-order valence-corrected chi connectivity index (χ0v) is 7.02. The van der Waals surface area contributed by atoms with E-state index in [-0.39, 0.29) is 0 Å². The lowest BCUT2D eigenvalue weighted by atomic mass is 10.6. The van der Waals surface area contributed by atoms with Crippen molar-refractivity contribution < 1.29 is 0 Å². The van der Waals surface area contributed by atoms with Crippen LogP contribution < -0.4 is 5.32 Å². The zero-order chi connectivity index (χ0) is 8.10. The molecule has 0 saturated carbocycles. The van der Waals surface area contributed by atoms with Crippen molar-refractivity contribution in [1.29, 1.82) is 0 Å². The Kier molecular flexibility index (Phi) is 2.79. The largest absolute Gasteiger partial charge is 0.345 e. The van der Waals surface area contributed by atoms with Crippen molar-refractivity contribution in [1.82, 2.24) is 10.2 Å². The first-order valence-corrected chi connectivity index (χ1v) is 3.73. The molecule has 11 heavy (non-hydrogen) atoms. The van der Waals surface area contributed by atoms with Gasteiger partial charge in [0.25, 0.3) is 0 Å². The van der Waals surface area contributed by atoms with E-state index in [0.717, 1.165) is 19.0 Å². The molecule has 0 aromatic carbocycles. The molecule has 1 aliphatic heterocycles. The molecule has 0 saturated heterocycles. The monoisotopic (exact) mass is 151 g/mol. The van der Waals surface area contributed by atoms with Gasteiger partial charge in [-0.3, -0.25) is 4.99 Å². The minimum Gasteiger partial charge on any atom is -0.345 e. The van der Waals surface area contributed by atoms with Gasteiger partial charge >= 0.3 is 0 Å². The highest BCUT2D eigenvalue weighted by molar-refractivity contribution is 5.81. The smallest absolute Gasteiger partial charge is 0.194 e. The Hall–Kier alpha value is -1.17. The van der Waals surface area contributed by atoms with Crippen LogP contribution in [0.2, 0.25) is 0 Å². The van der Waals surface area contributed by atoms with Gasteiger partial charge in [0.2, 0.25) is 0 Å². The minimum absolute atomic E-state index is 0.694. The first kappa shape index (κ1) is 7.93. The second-order valence-electron chi connectivity index (χ2n) is 2.41. The zero-order valence-electron chi connectivity index (χ0n) is 7.02. The average Bonchev–Trinajstić information content (AvgIpc) is 2.37. The van der Waals surface area contributed by atoms with Crippen molar-refractivity contribution in [3.8, 4) is 11.8 Å². The molecule has 0 aromatic rings. The summed E-state index contributed by atoms with van der Waals surface area (Å²) in [6.07, 6.45) is 0. The number of nitrogens with one attached hydrogen (secondary N) is 1. The van der Waals surface area contributed by atoms with Gasteiger partial charge in [0.15, 0.2) is 5.96 Å². The Morgan fingerprint density at radius 3 is 3.09 bits per heavy atom. The van der Waals surface area contributed by atoms with Gasteiger partial charge in [-0.2, -0.15) is 0 Å². The Morgan fingerprint density at radius 2 is 2.55 bits per heavy atom. The molecule has 0 radical (unpaired) electrons. The SMILES string of the molecule is CC#CCNC1=NCCN1C. The summed E-state index contributed by atoms with van der Waals surface area (Å²) in [7, 11) is 2.03. The Balaban J connectivity index is 2.29. The molecular formula is C8H13N3. The van der Waals surface area contributed by atoms with Gasteiger partial charge in [0, 0.05) is 13.6 Å². The Morgan fingerprint density at radius 1 is 1.73 bits per heavy atom. The van der Waals surface area contributed by atoms with Crippen molar-refractivity contribution in [2.24, 2.45) is 4.99 Å². The number of guanidine groups is 1. The molecule has 3 nitrogen and oxygen atoms in total. The van der Waals surface area contributed by atoms with Gasteiger partial charge in [-0.05, 0) is 6.92 Å².